The molecule has 0 aliphatic heterocycles. The summed E-state index contributed by atoms with van der Waals surface area (Å²) in [6, 6.07) is 8.43. The van der Waals surface area contributed by atoms with Crippen molar-refractivity contribution in [2.45, 2.75) is 31.3 Å². The summed E-state index contributed by atoms with van der Waals surface area (Å²) in [5.41, 5.74) is 0.705. The quantitative estimate of drug-likeness (QED) is 0.794. The van der Waals surface area contributed by atoms with Crippen LogP contribution in [-0.2, 0) is 5.54 Å². The van der Waals surface area contributed by atoms with Crippen LogP contribution in [0.1, 0.15) is 25.3 Å². The SMILES string of the molecule is COc1cccc(C(C)(CO)NC2CC2)c1. The van der Waals surface area contributed by atoms with E-state index in [2.05, 4.69) is 5.32 Å². The van der Waals surface area contributed by atoms with Crippen molar-refractivity contribution in [1.82, 2.24) is 5.32 Å². The maximum absolute atomic E-state index is 9.58. The zero-order valence-electron chi connectivity index (χ0n) is 9.86. The molecule has 88 valence electrons. The third-order valence-corrected chi connectivity index (χ3v) is 3.12. The highest BCUT2D eigenvalue weighted by Gasteiger charge is 2.33. The molecular formula is C13H19NO2. The lowest BCUT2D eigenvalue weighted by atomic mass is 9.92. The Hall–Kier alpha value is -1.06. The monoisotopic (exact) mass is 221 g/mol. The van der Waals surface area contributed by atoms with E-state index in [4.69, 9.17) is 4.74 Å². The van der Waals surface area contributed by atoms with E-state index in [9.17, 15) is 5.11 Å². The zero-order valence-corrected chi connectivity index (χ0v) is 9.86. The molecule has 2 N–H and O–H groups in total. The number of methoxy groups -OCH3 is 1. The van der Waals surface area contributed by atoms with Crippen molar-refractivity contribution in [3.8, 4) is 5.75 Å². The molecule has 1 aliphatic carbocycles. The first-order valence-electron chi connectivity index (χ1n) is 5.71. The first kappa shape index (κ1) is 11.4. The molecule has 0 heterocycles. The van der Waals surface area contributed by atoms with E-state index >= 15 is 0 Å². The first-order chi connectivity index (χ1) is 7.68. The molecule has 1 aromatic carbocycles. The van der Waals surface area contributed by atoms with Gasteiger partial charge in [-0.2, -0.15) is 0 Å². The van der Waals surface area contributed by atoms with Gasteiger partial charge in [0.05, 0.1) is 19.3 Å². The Morgan fingerprint density at radius 3 is 2.81 bits per heavy atom. The fraction of sp³-hybridized carbons (Fsp3) is 0.538. The van der Waals surface area contributed by atoms with E-state index in [1.807, 2.05) is 31.2 Å². The number of aliphatic hydroxyl groups is 1. The number of nitrogens with one attached hydrogen (secondary N) is 1. The number of aliphatic hydroxyl groups excluding tert-OH is 1. The molecule has 3 nitrogen and oxygen atoms in total. The van der Waals surface area contributed by atoms with E-state index < -0.39 is 0 Å². The standard InChI is InChI=1S/C13H19NO2/c1-13(9-15,14-11-6-7-11)10-4-3-5-12(8-10)16-2/h3-5,8,11,14-15H,6-7,9H2,1-2H3. The van der Waals surface area contributed by atoms with Crippen LogP contribution in [0.25, 0.3) is 0 Å². The summed E-state index contributed by atoms with van der Waals surface area (Å²) in [5, 5.41) is 13.1. The Bertz CT molecular complexity index is 363. The fourth-order valence-electron chi connectivity index (χ4n) is 1.86. The number of rotatable bonds is 5. The first-order valence-corrected chi connectivity index (χ1v) is 5.71. The summed E-state index contributed by atoms with van der Waals surface area (Å²) in [7, 11) is 1.66. The van der Waals surface area contributed by atoms with Gasteiger partial charge in [-0.3, -0.25) is 0 Å². The third-order valence-electron chi connectivity index (χ3n) is 3.12. The minimum absolute atomic E-state index is 0.0939. The molecule has 1 atom stereocenters. The van der Waals surface area contributed by atoms with E-state index in [1.54, 1.807) is 7.11 Å². The van der Waals surface area contributed by atoms with Gasteiger partial charge in [0.25, 0.3) is 0 Å². The Morgan fingerprint density at radius 2 is 2.25 bits per heavy atom. The second kappa shape index (κ2) is 4.44. The van der Waals surface area contributed by atoms with Gasteiger partial charge in [-0.05, 0) is 37.5 Å². The largest absolute Gasteiger partial charge is 0.497 e. The number of ether oxygens (including phenoxy) is 1. The smallest absolute Gasteiger partial charge is 0.119 e. The van der Waals surface area contributed by atoms with Crippen molar-refractivity contribution in [1.29, 1.82) is 0 Å². The van der Waals surface area contributed by atoms with Gasteiger partial charge in [-0.25, -0.2) is 0 Å². The highest BCUT2D eigenvalue weighted by Crippen LogP contribution is 2.29. The molecule has 1 saturated carbocycles. The zero-order chi connectivity index (χ0) is 11.6. The summed E-state index contributed by atoms with van der Waals surface area (Å²) in [6.07, 6.45) is 2.42. The highest BCUT2D eigenvalue weighted by molar-refractivity contribution is 5.33. The fourth-order valence-corrected chi connectivity index (χ4v) is 1.86. The minimum Gasteiger partial charge on any atom is -0.497 e. The van der Waals surface area contributed by atoms with Crippen LogP contribution in [0.3, 0.4) is 0 Å². The van der Waals surface area contributed by atoms with Gasteiger partial charge in [0.15, 0.2) is 0 Å². The molecule has 16 heavy (non-hydrogen) atoms. The van der Waals surface area contributed by atoms with E-state index in [0.29, 0.717) is 6.04 Å². The van der Waals surface area contributed by atoms with Gasteiger partial charge < -0.3 is 15.2 Å². The van der Waals surface area contributed by atoms with Crippen molar-refractivity contribution in [2.24, 2.45) is 0 Å². The van der Waals surface area contributed by atoms with Gasteiger partial charge in [-0.1, -0.05) is 12.1 Å². The molecule has 0 saturated heterocycles. The lowest BCUT2D eigenvalue weighted by Gasteiger charge is -2.29. The van der Waals surface area contributed by atoms with Gasteiger partial charge in [0, 0.05) is 6.04 Å². The predicted molar refractivity (Wildman–Crippen MR) is 63.6 cm³/mol. The molecule has 3 heteroatoms. The molecule has 0 bridgehead atoms. The molecule has 1 fully saturated rings. The van der Waals surface area contributed by atoms with Crippen LogP contribution in [0.15, 0.2) is 24.3 Å². The van der Waals surface area contributed by atoms with Crippen molar-refractivity contribution in [3.05, 3.63) is 29.8 Å². The third kappa shape index (κ3) is 2.36. The molecule has 0 amide bonds. The average molecular weight is 221 g/mol. The molecular weight excluding hydrogens is 202 g/mol. The van der Waals surface area contributed by atoms with Crippen molar-refractivity contribution in [3.63, 3.8) is 0 Å². The Labute approximate surface area is 96.4 Å². The van der Waals surface area contributed by atoms with Crippen LogP contribution in [-0.4, -0.2) is 24.9 Å². The van der Waals surface area contributed by atoms with Crippen LogP contribution >= 0.6 is 0 Å². The Balaban J connectivity index is 2.22. The molecule has 1 aliphatic rings. The minimum atomic E-state index is -0.365. The molecule has 1 aromatic rings. The second-order valence-electron chi connectivity index (χ2n) is 4.64. The predicted octanol–water partition coefficient (Wildman–Crippen LogP) is 1.65. The maximum Gasteiger partial charge on any atom is 0.119 e. The van der Waals surface area contributed by atoms with Crippen molar-refractivity contribution >= 4 is 0 Å². The molecule has 2 rings (SSSR count). The van der Waals surface area contributed by atoms with E-state index in [1.165, 1.54) is 12.8 Å². The number of hydrogen-bond donors (Lipinski definition) is 2. The van der Waals surface area contributed by atoms with E-state index in [-0.39, 0.29) is 12.1 Å². The van der Waals surface area contributed by atoms with Crippen LogP contribution in [0.4, 0.5) is 0 Å². The normalized spacial score (nSPS) is 19.2. The lowest BCUT2D eigenvalue weighted by molar-refractivity contribution is 0.173. The summed E-state index contributed by atoms with van der Waals surface area (Å²) in [4.78, 5) is 0. The molecule has 0 radical (unpaired) electrons. The van der Waals surface area contributed by atoms with Crippen molar-refractivity contribution in [2.75, 3.05) is 13.7 Å². The molecule has 0 spiro atoms. The molecule has 1 unspecified atom stereocenters. The topological polar surface area (TPSA) is 41.5 Å². The van der Waals surface area contributed by atoms with Crippen molar-refractivity contribution < 1.29 is 9.84 Å². The summed E-state index contributed by atoms with van der Waals surface area (Å²) >= 11 is 0. The highest BCUT2D eigenvalue weighted by atomic mass is 16.5. The number of hydrogen-bond acceptors (Lipinski definition) is 3. The maximum atomic E-state index is 9.58. The summed E-state index contributed by atoms with van der Waals surface area (Å²) < 4.78 is 5.21. The van der Waals surface area contributed by atoms with Gasteiger partial charge in [0.1, 0.15) is 5.75 Å². The lowest BCUT2D eigenvalue weighted by Crippen LogP contribution is -2.44. The van der Waals surface area contributed by atoms with Crippen LogP contribution in [0.2, 0.25) is 0 Å². The van der Waals surface area contributed by atoms with Crippen LogP contribution < -0.4 is 10.1 Å². The molecule has 0 aromatic heterocycles. The van der Waals surface area contributed by atoms with Gasteiger partial charge in [-0.15, -0.1) is 0 Å². The van der Waals surface area contributed by atoms with Crippen LogP contribution in [0, 0.1) is 0 Å². The summed E-state index contributed by atoms with van der Waals surface area (Å²) in [5.74, 6) is 0.828. The van der Waals surface area contributed by atoms with E-state index in [0.717, 1.165) is 11.3 Å². The Morgan fingerprint density at radius 1 is 1.50 bits per heavy atom. The van der Waals surface area contributed by atoms with Gasteiger partial charge in [0.2, 0.25) is 0 Å². The Kier molecular flexibility index (Phi) is 3.17. The average Bonchev–Trinajstić information content (AvgIpc) is 3.13. The van der Waals surface area contributed by atoms with Crippen LogP contribution in [0.5, 0.6) is 5.75 Å². The van der Waals surface area contributed by atoms with Gasteiger partial charge >= 0.3 is 0 Å². The second-order valence-corrected chi connectivity index (χ2v) is 4.64. The number of benzene rings is 1. The summed E-state index contributed by atoms with van der Waals surface area (Å²) in [6.45, 7) is 2.12.